The molecule has 1 aliphatic rings. The lowest BCUT2D eigenvalue weighted by Gasteiger charge is -2.11. The molecule has 0 aromatic carbocycles. The quantitative estimate of drug-likeness (QED) is 0.926. The van der Waals surface area contributed by atoms with Gasteiger partial charge in [-0.05, 0) is 24.5 Å². The van der Waals surface area contributed by atoms with Crippen LogP contribution < -0.4 is 5.32 Å². The number of nitrogens with zero attached hydrogens (tertiary/aromatic N) is 1. The van der Waals surface area contributed by atoms with Gasteiger partial charge in [0.1, 0.15) is 0 Å². The molecule has 0 bridgehead atoms. The summed E-state index contributed by atoms with van der Waals surface area (Å²) in [5, 5.41) is 5.72. The monoisotopic (exact) mass is 284 g/mol. The Morgan fingerprint density at radius 3 is 3.29 bits per heavy atom. The second-order valence-corrected chi connectivity index (χ2v) is 6.69. The largest absolute Gasteiger partial charge is 0.309 e. The van der Waals surface area contributed by atoms with Gasteiger partial charge >= 0.3 is 0 Å². The molecule has 5 heteroatoms. The maximum atomic E-state index is 6.04. The normalized spacial score (nSPS) is 18.5. The van der Waals surface area contributed by atoms with Crippen LogP contribution >= 0.6 is 34.3 Å². The number of rotatable bonds is 4. The number of nitrogens with one attached hydrogen (secondary N) is 1. The first-order valence-corrected chi connectivity index (χ1v) is 7.85. The maximum Gasteiger partial charge on any atom is 0.0934 e. The van der Waals surface area contributed by atoms with Gasteiger partial charge < -0.3 is 5.32 Å². The van der Waals surface area contributed by atoms with Crippen molar-refractivity contribution >= 4 is 34.3 Å². The molecular weight excluding hydrogens is 272 g/mol. The Morgan fingerprint density at radius 2 is 2.47 bits per heavy atom. The van der Waals surface area contributed by atoms with Gasteiger partial charge in [0.05, 0.1) is 15.5 Å². The lowest BCUT2D eigenvalue weighted by atomic mass is 10.1. The smallest absolute Gasteiger partial charge is 0.0934 e. The SMILES string of the molecule is Clc1cc2c(s1)CCC2NCCc1cscn1. The Kier molecular flexibility index (Phi) is 3.47. The van der Waals surface area contributed by atoms with Crippen LogP contribution in [0.1, 0.15) is 28.6 Å². The number of aryl methyl sites for hydroxylation is 1. The number of aromatic nitrogens is 1. The highest BCUT2D eigenvalue weighted by molar-refractivity contribution is 7.16. The molecule has 0 saturated heterocycles. The first-order valence-electron chi connectivity index (χ1n) is 5.71. The molecule has 3 rings (SSSR count). The van der Waals surface area contributed by atoms with Crippen molar-refractivity contribution in [2.45, 2.75) is 25.3 Å². The van der Waals surface area contributed by atoms with E-state index in [1.807, 2.05) is 5.51 Å². The fourth-order valence-electron chi connectivity index (χ4n) is 2.28. The van der Waals surface area contributed by atoms with Crippen LogP contribution in [-0.4, -0.2) is 11.5 Å². The van der Waals surface area contributed by atoms with Crippen molar-refractivity contribution in [1.82, 2.24) is 10.3 Å². The molecule has 0 amide bonds. The zero-order valence-electron chi connectivity index (χ0n) is 9.28. The Balaban J connectivity index is 1.56. The van der Waals surface area contributed by atoms with E-state index in [1.54, 1.807) is 22.7 Å². The summed E-state index contributed by atoms with van der Waals surface area (Å²) in [6, 6.07) is 2.61. The fraction of sp³-hybridized carbons (Fsp3) is 0.417. The number of hydrogen-bond donors (Lipinski definition) is 1. The molecule has 90 valence electrons. The first kappa shape index (κ1) is 11.7. The van der Waals surface area contributed by atoms with Crippen molar-refractivity contribution in [3.63, 3.8) is 0 Å². The van der Waals surface area contributed by atoms with Gasteiger partial charge in [0, 0.05) is 29.3 Å². The first-order chi connectivity index (χ1) is 8.33. The second kappa shape index (κ2) is 5.06. The molecule has 2 aromatic heterocycles. The molecule has 2 nitrogen and oxygen atoms in total. The number of halogens is 1. The molecule has 2 heterocycles. The summed E-state index contributed by atoms with van der Waals surface area (Å²) < 4.78 is 0.918. The summed E-state index contributed by atoms with van der Waals surface area (Å²) in [5.74, 6) is 0. The van der Waals surface area contributed by atoms with Crippen LogP contribution in [-0.2, 0) is 12.8 Å². The van der Waals surface area contributed by atoms with Gasteiger partial charge in [-0.1, -0.05) is 11.6 Å². The van der Waals surface area contributed by atoms with Crippen molar-refractivity contribution in [1.29, 1.82) is 0 Å². The summed E-state index contributed by atoms with van der Waals surface area (Å²) in [4.78, 5) is 5.75. The zero-order chi connectivity index (χ0) is 11.7. The molecule has 0 spiro atoms. The third kappa shape index (κ3) is 2.55. The summed E-state index contributed by atoms with van der Waals surface area (Å²) in [6.07, 6.45) is 3.38. The highest BCUT2D eigenvalue weighted by Gasteiger charge is 2.24. The van der Waals surface area contributed by atoms with Gasteiger partial charge in [-0.25, -0.2) is 4.98 Å². The number of thiazole rings is 1. The predicted molar refractivity (Wildman–Crippen MR) is 74.2 cm³/mol. The van der Waals surface area contributed by atoms with Crippen LogP contribution in [0.15, 0.2) is 17.0 Å². The molecule has 2 aromatic rings. The standard InChI is InChI=1S/C12H13ClN2S2/c13-12-5-9-10(1-2-11(9)17-12)14-4-3-8-6-16-7-15-8/h5-7,10,14H,1-4H2. The Hall–Kier alpha value is -0.420. The van der Waals surface area contributed by atoms with Crippen LogP contribution in [0.4, 0.5) is 0 Å². The van der Waals surface area contributed by atoms with Crippen molar-refractivity contribution in [2.24, 2.45) is 0 Å². The van der Waals surface area contributed by atoms with Gasteiger partial charge in [-0.15, -0.1) is 22.7 Å². The number of fused-ring (bicyclic) bond motifs is 1. The Bertz CT molecular complexity index is 493. The van der Waals surface area contributed by atoms with Gasteiger partial charge in [0.15, 0.2) is 0 Å². The highest BCUT2D eigenvalue weighted by Crippen LogP contribution is 2.39. The van der Waals surface area contributed by atoms with Crippen LogP contribution in [0.5, 0.6) is 0 Å². The molecular formula is C12H13ClN2S2. The van der Waals surface area contributed by atoms with E-state index < -0.39 is 0 Å². The van der Waals surface area contributed by atoms with Crippen LogP contribution in [0, 0.1) is 0 Å². The highest BCUT2D eigenvalue weighted by atomic mass is 35.5. The third-order valence-electron chi connectivity index (χ3n) is 3.10. The van der Waals surface area contributed by atoms with Crippen molar-refractivity contribution in [2.75, 3.05) is 6.54 Å². The molecule has 17 heavy (non-hydrogen) atoms. The van der Waals surface area contributed by atoms with E-state index in [0.29, 0.717) is 6.04 Å². The minimum atomic E-state index is 0.493. The Morgan fingerprint density at radius 1 is 1.53 bits per heavy atom. The summed E-state index contributed by atoms with van der Waals surface area (Å²) >= 11 is 9.43. The third-order valence-corrected chi connectivity index (χ3v) is 5.08. The molecule has 1 aliphatic carbocycles. The van der Waals surface area contributed by atoms with Crippen molar-refractivity contribution in [3.05, 3.63) is 37.4 Å². The van der Waals surface area contributed by atoms with E-state index in [4.69, 9.17) is 11.6 Å². The molecule has 0 radical (unpaired) electrons. The van der Waals surface area contributed by atoms with E-state index in [1.165, 1.54) is 29.0 Å². The lowest BCUT2D eigenvalue weighted by Crippen LogP contribution is -2.21. The fourth-order valence-corrected chi connectivity index (χ4v) is 4.23. The number of hydrogen-bond acceptors (Lipinski definition) is 4. The van der Waals surface area contributed by atoms with E-state index in [9.17, 15) is 0 Å². The zero-order valence-corrected chi connectivity index (χ0v) is 11.7. The summed E-state index contributed by atoms with van der Waals surface area (Å²) in [5.41, 5.74) is 4.49. The van der Waals surface area contributed by atoms with Crippen LogP contribution in [0.3, 0.4) is 0 Å². The van der Waals surface area contributed by atoms with Gasteiger partial charge in [-0.2, -0.15) is 0 Å². The number of thiophene rings is 1. The topological polar surface area (TPSA) is 24.9 Å². The van der Waals surface area contributed by atoms with E-state index in [-0.39, 0.29) is 0 Å². The van der Waals surface area contributed by atoms with Crippen molar-refractivity contribution in [3.8, 4) is 0 Å². The van der Waals surface area contributed by atoms with Gasteiger partial charge in [-0.3, -0.25) is 0 Å². The predicted octanol–water partition coefficient (Wildman–Crippen LogP) is 3.68. The van der Waals surface area contributed by atoms with Crippen LogP contribution in [0.25, 0.3) is 0 Å². The van der Waals surface area contributed by atoms with E-state index in [2.05, 4.69) is 21.7 Å². The van der Waals surface area contributed by atoms with E-state index in [0.717, 1.165) is 17.3 Å². The average molecular weight is 285 g/mol. The summed E-state index contributed by atoms with van der Waals surface area (Å²) in [6.45, 7) is 0.987. The van der Waals surface area contributed by atoms with Crippen molar-refractivity contribution < 1.29 is 0 Å². The Labute approximate surface area is 114 Å². The molecule has 1 unspecified atom stereocenters. The minimum absolute atomic E-state index is 0.493. The summed E-state index contributed by atoms with van der Waals surface area (Å²) in [7, 11) is 0. The lowest BCUT2D eigenvalue weighted by molar-refractivity contribution is 0.532. The van der Waals surface area contributed by atoms with E-state index >= 15 is 0 Å². The maximum absolute atomic E-state index is 6.04. The molecule has 0 fully saturated rings. The van der Waals surface area contributed by atoms with Gasteiger partial charge in [0.25, 0.3) is 0 Å². The van der Waals surface area contributed by atoms with Crippen LogP contribution in [0.2, 0.25) is 4.34 Å². The van der Waals surface area contributed by atoms with Gasteiger partial charge in [0.2, 0.25) is 0 Å². The average Bonchev–Trinajstić information content (AvgIpc) is 2.97. The molecule has 1 atom stereocenters. The minimum Gasteiger partial charge on any atom is -0.309 e. The second-order valence-electron chi connectivity index (χ2n) is 4.20. The molecule has 0 saturated carbocycles. The molecule has 0 aliphatic heterocycles. The molecule has 1 N–H and O–H groups in total.